The molecule has 4 nitrogen and oxygen atoms in total. The van der Waals surface area contributed by atoms with Crippen molar-refractivity contribution in [3.8, 4) is 0 Å². The largest absolute Gasteiger partial charge is 0.300 e. The lowest BCUT2D eigenvalue weighted by Crippen LogP contribution is -2.37. The van der Waals surface area contributed by atoms with Crippen molar-refractivity contribution in [3.05, 3.63) is 0 Å². The third-order valence-electron chi connectivity index (χ3n) is 3.73. The second-order valence-corrected chi connectivity index (χ2v) is 5.29. The summed E-state index contributed by atoms with van der Waals surface area (Å²) in [7, 11) is 0. The van der Waals surface area contributed by atoms with Gasteiger partial charge < -0.3 is 5.32 Å². The fourth-order valence-electron chi connectivity index (χ4n) is 2.47. The highest BCUT2D eigenvalue weighted by Crippen LogP contribution is 2.14. The van der Waals surface area contributed by atoms with Crippen LogP contribution in [0.3, 0.4) is 0 Å². The van der Waals surface area contributed by atoms with Crippen LogP contribution in [0, 0.1) is 0 Å². The molecule has 4 heteroatoms. The van der Waals surface area contributed by atoms with E-state index >= 15 is 0 Å². The van der Waals surface area contributed by atoms with Crippen molar-refractivity contribution in [3.63, 3.8) is 0 Å². The quantitative estimate of drug-likeness (QED) is 0.764. The van der Waals surface area contributed by atoms with Crippen LogP contribution in [0.4, 0.5) is 0 Å². The fourth-order valence-corrected chi connectivity index (χ4v) is 2.47. The molecule has 2 heterocycles. The van der Waals surface area contributed by atoms with Crippen LogP contribution in [0.5, 0.6) is 0 Å². The minimum atomic E-state index is 0.632. The fraction of sp³-hybridized carbons (Fsp3) is 0.917. The Bertz CT molecular complexity index is 243. The molecule has 0 bridgehead atoms. The molecule has 0 spiro atoms. The lowest BCUT2D eigenvalue weighted by atomic mass is 10.1. The Morgan fingerprint density at radius 3 is 2.75 bits per heavy atom. The average molecular weight is 224 g/mol. The number of nitrogens with one attached hydrogen (secondary N) is 1. The number of hydrogen-bond donors (Lipinski definition) is 1. The van der Waals surface area contributed by atoms with Gasteiger partial charge in [0.25, 0.3) is 0 Å². The minimum Gasteiger partial charge on any atom is -0.300 e. The van der Waals surface area contributed by atoms with E-state index in [1.807, 2.05) is 6.21 Å². The zero-order chi connectivity index (χ0) is 11.5. The molecule has 0 amide bonds. The highest BCUT2D eigenvalue weighted by atomic mass is 15.3. The maximum Gasteiger partial charge on any atom is 0.0911 e. The third kappa shape index (κ3) is 2.81. The molecule has 0 saturated carbocycles. The molecular formula is C12H24N4. The van der Waals surface area contributed by atoms with E-state index in [0.29, 0.717) is 18.1 Å². The smallest absolute Gasteiger partial charge is 0.0911 e. The van der Waals surface area contributed by atoms with Gasteiger partial charge in [-0.2, -0.15) is 0 Å². The Hall–Kier alpha value is -0.450. The standard InChI is InChI=1S/C12H24N4/c1-10(2)16-7-12(14-9-16)6-11(3)15-5-4-13-8-15/h4,10-12,14H,5-9H2,1-3H3. The van der Waals surface area contributed by atoms with Gasteiger partial charge in [-0.15, -0.1) is 0 Å². The van der Waals surface area contributed by atoms with Crippen LogP contribution in [-0.4, -0.2) is 60.6 Å². The highest BCUT2D eigenvalue weighted by molar-refractivity contribution is 5.61. The summed E-state index contributed by atoms with van der Waals surface area (Å²) in [5, 5.41) is 3.60. The molecule has 0 aromatic rings. The van der Waals surface area contributed by atoms with Crippen LogP contribution in [0.2, 0.25) is 0 Å². The van der Waals surface area contributed by atoms with Gasteiger partial charge in [-0.1, -0.05) is 0 Å². The first-order valence-corrected chi connectivity index (χ1v) is 6.36. The molecule has 92 valence electrons. The van der Waals surface area contributed by atoms with Gasteiger partial charge in [-0.25, -0.2) is 0 Å². The van der Waals surface area contributed by atoms with Crippen molar-refractivity contribution in [2.75, 3.05) is 26.4 Å². The summed E-state index contributed by atoms with van der Waals surface area (Å²) in [6.07, 6.45) is 3.26. The van der Waals surface area contributed by atoms with E-state index in [4.69, 9.17) is 0 Å². The molecule has 16 heavy (non-hydrogen) atoms. The molecule has 2 aliphatic rings. The average Bonchev–Trinajstić information content (AvgIpc) is 2.87. The first-order valence-electron chi connectivity index (χ1n) is 6.36. The van der Waals surface area contributed by atoms with Gasteiger partial charge in [0.15, 0.2) is 0 Å². The summed E-state index contributed by atoms with van der Waals surface area (Å²) >= 11 is 0. The third-order valence-corrected chi connectivity index (χ3v) is 3.73. The molecule has 2 unspecified atom stereocenters. The predicted molar refractivity (Wildman–Crippen MR) is 67.8 cm³/mol. The lowest BCUT2D eigenvalue weighted by molar-refractivity contribution is 0.229. The number of hydrogen-bond acceptors (Lipinski definition) is 4. The molecule has 0 aromatic heterocycles. The number of rotatable bonds is 4. The van der Waals surface area contributed by atoms with E-state index in [-0.39, 0.29) is 0 Å². The molecule has 1 saturated heterocycles. The van der Waals surface area contributed by atoms with Crippen LogP contribution in [0.25, 0.3) is 0 Å². The molecule has 0 aliphatic carbocycles. The van der Waals surface area contributed by atoms with Gasteiger partial charge in [-0.3, -0.25) is 14.8 Å². The Morgan fingerprint density at radius 1 is 1.38 bits per heavy atom. The lowest BCUT2D eigenvalue weighted by Gasteiger charge is -2.25. The van der Waals surface area contributed by atoms with Crippen molar-refractivity contribution in [2.24, 2.45) is 4.99 Å². The van der Waals surface area contributed by atoms with Gasteiger partial charge in [0.05, 0.1) is 6.67 Å². The Labute approximate surface area is 98.7 Å². The van der Waals surface area contributed by atoms with E-state index in [1.165, 1.54) is 13.0 Å². The Balaban J connectivity index is 1.74. The van der Waals surface area contributed by atoms with E-state index in [9.17, 15) is 0 Å². The summed E-state index contributed by atoms with van der Waals surface area (Å²) in [4.78, 5) is 9.20. The second kappa shape index (κ2) is 5.25. The van der Waals surface area contributed by atoms with E-state index in [0.717, 1.165) is 19.9 Å². The maximum atomic E-state index is 4.27. The summed E-state index contributed by atoms with van der Waals surface area (Å²) in [6.45, 7) is 11.0. The molecule has 2 aliphatic heterocycles. The highest BCUT2D eigenvalue weighted by Gasteiger charge is 2.26. The van der Waals surface area contributed by atoms with E-state index in [2.05, 4.69) is 40.9 Å². The maximum absolute atomic E-state index is 4.27. The zero-order valence-electron chi connectivity index (χ0n) is 10.7. The van der Waals surface area contributed by atoms with Gasteiger partial charge in [0.1, 0.15) is 0 Å². The summed E-state index contributed by atoms with van der Waals surface area (Å²) in [5.74, 6) is 0. The minimum absolute atomic E-state index is 0.632. The van der Waals surface area contributed by atoms with Crippen molar-refractivity contribution < 1.29 is 0 Å². The summed E-state index contributed by atoms with van der Waals surface area (Å²) in [5.41, 5.74) is 0. The SMILES string of the molecule is CC(C)N1CNC(CC(C)N2CC=NC2)C1. The first-order chi connectivity index (χ1) is 7.66. The molecule has 1 N–H and O–H groups in total. The van der Waals surface area contributed by atoms with Crippen LogP contribution in [-0.2, 0) is 0 Å². The van der Waals surface area contributed by atoms with Crippen molar-refractivity contribution >= 4 is 6.21 Å². The van der Waals surface area contributed by atoms with Gasteiger partial charge >= 0.3 is 0 Å². The predicted octanol–water partition coefficient (Wildman–Crippen LogP) is 0.749. The molecule has 2 atom stereocenters. The molecule has 0 radical (unpaired) electrons. The van der Waals surface area contributed by atoms with Gasteiger partial charge in [0, 0.05) is 44.1 Å². The van der Waals surface area contributed by atoms with Crippen LogP contribution in [0.15, 0.2) is 4.99 Å². The summed E-state index contributed by atoms with van der Waals surface area (Å²) < 4.78 is 0. The molecule has 2 rings (SSSR count). The van der Waals surface area contributed by atoms with E-state index < -0.39 is 0 Å². The second-order valence-electron chi connectivity index (χ2n) is 5.29. The first kappa shape index (κ1) is 12.0. The monoisotopic (exact) mass is 224 g/mol. The molecular weight excluding hydrogens is 200 g/mol. The van der Waals surface area contributed by atoms with Gasteiger partial charge in [-0.05, 0) is 27.2 Å². The zero-order valence-corrected chi connectivity index (χ0v) is 10.7. The summed E-state index contributed by atoms with van der Waals surface area (Å²) in [6, 6.07) is 1.94. The topological polar surface area (TPSA) is 30.9 Å². The van der Waals surface area contributed by atoms with Crippen LogP contribution in [0.1, 0.15) is 27.2 Å². The van der Waals surface area contributed by atoms with Crippen molar-refractivity contribution in [1.82, 2.24) is 15.1 Å². The Kier molecular flexibility index (Phi) is 3.95. The van der Waals surface area contributed by atoms with Gasteiger partial charge in [0.2, 0.25) is 0 Å². The molecule has 0 aromatic carbocycles. The molecule has 1 fully saturated rings. The van der Waals surface area contributed by atoms with Crippen LogP contribution >= 0.6 is 0 Å². The van der Waals surface area contributed by atoms with E-state index in [1.54, 1.807) is 0 Å². The van der Waals surface area contributed by atoms with Crippen molar-refractivity contribution in [1.29, 1.82) is 0 Å². The number of nitrogens with zero attached hydrogens (tertiary/aromatic N) is 3. The number of aliphatic imine (C=N–C) groups is 1. The Morgan fingerprint density at radius 2 is 2.19 bits per heavy atom. The normalized spacial score (nSPS) is 29.4. The van der Waals surface area contributed by atoms with Crippen LogP contribution < -0.4 is 5.32 Å². The van der Waals surface area contributed by atoms with Crippen molar-refractivity contribution in [2.45, 2.75) is 45.3 Å².